The molecular formula is C21H26N2O2S2. The van der Waals surface area contributed by atoms with Crippen LogP contribution in [0.5, 0.6) is 0 Å². The van der Waals surface area contributed by atoms with Crippen LogP contribution in [0.1, 0.15) is 52.0 Å². The Morgan fingerprint density at radius 1 is 1.07 bits per heavy atom. The third-order valence-corrected chi connectivity index (χ3v) is 6.75. The number of unbranched alkanes of at least 4 members (excludes halogenated alkanes) is 1. The van der Waals surface area contributed by atoms with Gasteiger partial charge in [0, 0.05) is 18.7 Å². The van der Waals surface area contributed by atoms with Gasteiger partial charge in [0.2, 0.25) is 0 Å². The molecule has 1 atom stereocenters. The van der Waals surface area contributed by atoms with E-state index in [4.69, 9.17) is 12.2 Å². The number of benzene rings is 1. The first kappa shape index (κ1) is 20.1. The molecular weight excluding hydrogens is 376 g/mol. The number of amides is 2. The summed E-state index contributed by atoms with van der Waals surface area (Å²) in [5.41, 5.74) is 2.22. The van der Waals surface area contributed by atoms with Crippen LogP contribution in [-0.2, 0) is 9.59 Å². The van der Waals surface area contributed by atoms with Gasteiger partial charge in [-0.15, -0.1) is 0 Å². The number of nitrogens with zero attached hydrogens (tertiary/aromatic N) is 2. The number of anilines is 1. The normalized spacial score (nSPS) is 20.6. The number of carbonyl (C=O) groups excluding carboxylic acids is 2. The van der Waals surface area contributed by atoms with Crippen molar-refractivity contribution < 1.29 is 9.59 Å². The van der Waals surface area contributed by atoms with E-state index < -0.39 is 0 Å². The molecule has 4 nitrogen and oxygen atoms in total. The molecule has 6 heteroatoms. The van der Waals surface area contributed by atoms with Crippen LogP contribution < -0.4 is 4.90 Å². The fraction of sp³-hybridized carbons (Fsp3) is 0.476. The minimum absolute atomic E-state index is 0.0998. The van der Waals surface area contributed by atoms with Crippen LogP contribution in [0, 0.1) is 5.92 Å². The summed E-state index contributed by atoms with van der Waals surface area (Å²) in [6, 6.07) is 7.68. The van der Waals surface area contributed by atoms with Crippen molar-refractivity contribution >= 4 is 51.4 Å². The Kier molecular flexibility index (Phi) is 6.37. The van der Waals surface area contributed by atoms with E-state index >= 15 is 0 Å². The Hall–Kier alpha value is -1.66. The van der Waals surface area contributed by atoms with Crippen molar-refractivity contribution in [2.75, 3.05) is 18.0 Å². The second kappa shape index (κ2) is 8.57. The van der Waals surface area contributed by atoms with Gasteiger partial charge in [-0.2, -0.15) is 0 Å². The number of fused-ring (bicyclic) bond motifs is 1. The number of hydrogen-bond acceptors (Lipinski definition) is 4. The van der Waals surface area contributed by atoms with Gasteiger partial charge in [-0.1, -0.05) is 75.3 Å². The summed E-state index contributed by atoms with van der Waals surface area (Å²) in [6.45, 7) is 7.51. The number of thioether (sulfide) groups is 1. The summed E-state index contributed by atoms with van der Waals surface area (Å²) in [5.74, 6) is 0.226. The van der Waals surface area contributed by atoms with Crippen molar-refractivity contribution in [3.05, 3.63) is 34.7 Å². The van der Waals surface area contributed by atoms with Gasteiger partial charge >= 0.3 is 0 Å². The fourth-order valence-corrected chi connectivity index (χ4v) is 5.04. The van der Waals surface area contributed by atoms with E-state index in [0.29, 0.717) is 33.8 Å². The van der Waals surface area contributed by atoms with Gasteiger partial charge in [-0.3, -0.25) is 14.5 Å². The van der Waals surface area contributed by atoms with Crippen molar-refractivity contribution in [2.24, 2.45) is 5.92 Å². The van der Waals surface area contributed by atoms with E-state index in [2.05, 4.69) is 13.8 Å². The average Bonchev–Trinajstić information content (AvgIpc) is 3.11. The molecule has 144 valence electrons. The highest BCUT2D eigenvalue weighted by Crippen LogP contribution is 2.44. The Bertz CT molecular complexity index is 803. The molecule has 0 radical (unpaired) electrons. The van der Waals surface area contributed by atoms with E-state index in [1.54, 1.807) is 9.80 Å². The second-order valence-corrected chi connectivity index (χ2v) is 8.62. The standard InChI is InChI=1S/C21H26N2O2S2/c1-4-7-10-14(5-2)13-23-20(25)18(27-21(23)26)17-15-11-8-9-12-16(15)22(6-3)19(17)24/h8-9,11-12,14H,4-7,10,13H2,1-3H3/b18-17-/t14-/m1/s1. The predicted molar refractivity (Wildman–Crippen MR) is 117 cm³/mol. The van der Waals surface area contributed by atoms with Crippen molar-refractivity contribution in [2.45, 2.75) is 46.5 Å². The number of likely N-dealkylation sites (N-methyl/N-ethyl adjacent to an activating group) is 1. The van der Waals surface area contributed by atoms with Crippen molar-refractivity contribution in [1.29, 1.82) is 0 Å². The molecule has 0 aliphatic carbocycles. The average molecular weight is 403 g/mol. The highest BCUT2D eigenvalue weighted by molar-refractivity contribution is 8.26. The monoisotopic (exact) mass is 402 g/mol. The first-order chi connectivity index (χ1) is 13.0. The Morgan fingerprint density at radius 3 is 2.48 bits per heavy atom. The Balaban J connectivity index is 1.93. The van der Waals surface area contributed by atoms with Crippen LogP contribution in [0.15, 0.2) is 29.2 Å². The Morgan fingerprint density at radius 2 is 1.81 bits per heavy atom. The molecule has 2 aliphatic heterocycles. The van der Waals surface area contributed by atoms with Gasteiger partial charge in [0.05, 0.1) is 16.2 Å². The lowest BCUT2D eigenvalue weighted by Gasteiger charge is -2.21. The lowest BCUT2D eigenvalue weighted by molar-refractivity contribution is -0.123. The third kappa shape index (κ3) is 3.69. The molecule has 0 unspecified atom stereocenters. The topological polar surface area (TPSA) is 40.6 Å². The van der Waals surface area contributed by atoms with E-state index in [9.17, 15) is 9.59 Å². The van der Waals surface area contributed by atoms with Gasteiger partial charge in [-0.05, 0) is 25.3 Å². The molecule has 1 fully saturated rings. The molecule has 0 saturated carbocycles. The summed E-state index contributed by atoms with van der Waals surface area (Å²) in [5, 5.41) is 0. The molecule has 1 aromatic rings. The lowest BCUT2D eigenvalue weighted by Crippen LogP contribution is -2.33. The highest BCUT2D eigenvalue weighted by Gasteiger charge is 2.41. The molecule has 1 saturated heterocycles. The maximum atomic E-state index is 13.2. The number of para-hydroxylation sites is 1. The second-order valence-electron chi connectivity index (χ2n) is 6.97. The van der Waals surface area contributed by atoms with Crippen LogP contribution >= 0.6 is 24.0 Å². The molecule has 0 spiro atoms. The van der Waals surface area contributed by atoms with Gasteiger partial charge in [0.1, 0.15) is 4.32 Å². The lowest BCUT2D eigenvalue weighted by atomic mass is 9.98. The van der Waals surface area contributed by atoms with E-state index in [1.165, 1.54) is 11.8 Å². The molecule has 0 aromatic heterocycles. The van der Waals surface area contributed by atoms with Crippen molar-refractivity contribution in [1.82, 2.24) is 4.90 Å². The minimum Gasteiger partial charge on any atom is -0.308 e. The van der Waals surface area contributed by atoms with Crippen LogP contribution in [0.25, 0.3) is 5.57 Å². The number of rotatable bonds is 7. The van der Waals surface area contributed by atoms with E-state index in [0.717, 1.165) is 36.9 Å². The minimum atomic E-state index is -0.115. The summed E-state index contributed by atoms with van der Waals surface area (Å²) in [4.78, 5) is 30.1. The summed E-state index contributed by atoms with van der Waals surface area (Å²) in [7, 11) is 0. The largest absolute Gasteiger partial charge is 0.308 e. The maximum absolute atomic E-state index is 13.2. The Labute approximate surface area is 171 Å². The van der Waals surface area contributed by atoms with Crippen molar-refractivity contribution in [3.63, 3.8) is 0 Å². The van der Waals surface area contributed by atoms with Gasteiger partial charge in [0.25, 0.3) is 11.8 Å². The summed E-state index contributed by atoms with van der Waals surface area (Å²) < 4.78 is 0.567. The fourth-order valence-electron chi connectivity index (χ4n) is 3.70. The molecule has 3 rings (SSSR count). The third-order valence-electron chi connectivity index (χ3n) is 5.30. The van der Waals surface area contributed by atoms with Crippen LogP contribution in [-0.4, -0.2) is 34.1 Å². The SMILES string of the molecule is CCCC[C@@H](CC)CN1C(=O)/C(=C2/C(=O)N(CC)c3ccccc32)SC1=S. The van der Waals surface area contributed by atoms with Crippen molar-refractivity contribution in [3.8, 4) is 0 Å². The first-order valence-corrected chi connectivity index (χ1v) is 10.9. The smallest absolute Gasteiger partial charge is 0.267 e. The molecule has 2 amide bonds. The maximum Gasteiger partial charge on any atom is 0.267 e. The molecule has 1 aromatic carbocycles. The number of carbonyl (C=O) groups is 2. The van der Waals surface area contributed by atoms with Crippen LogP contribution in [0.4, 0.5) is 5.69 Å². The zero-order valence-corrected chi connectivity index (χ0v) is 17.8. The molecule has 0 bridgehead atoms. The molecule has 2 heterocycles. The van der Waals surface area contributed by atoms with Gasteiger partial charge in [0.15, 0.2) is 0 Å². The van der Waals surface area contributed by atoms with Crippen LogP contribution in [0.3, 0.4) is 0 Å². The zero-order valence-electron chi connectivity index (χ0n) is 16.2. The first-order valence-electron chi connectivity index (χ1n) is 9.72. The molecule has 27 heavy (non-hydrogen) atoms. The van der Waals surface area contributed by atoms with E-state index in [1.807, 2.05) is 31.2 Å². The number of hydrogen-bond donors (Lipinski definition) is 0. The quantitative estimate of drug-likeness (QED) is 0.483. The van der Waals surface area contributed by atoms with Crippen LogP contribution in [0.2, 0.25) is 0 Å². The van der Waals surface area contributed by atoms with Gasteiger partial charge < -0.3 is 4.90 Å². The summed E-state index contributed by atoms with van der Waals surface area (Å²) >= 11 is 6.79. The number of thiocarbonyl (C=S) groups is 1. The van der Waals surface area contributed by atoms with Gasteiger partial charge in [-0.25, -0.2) is 0 Å². The highest BCUT2D eigenvalue weighted by atomic mass is 32.2. The molecule has 0 N–H and O–H groups in total. The van der Waals surface area contributed by atoms with E-state index in [-0.39, 0.29) is 11.8 Å². The summed E-state index contributed by atoms with van der Waals surface area (Å²) in [6.07, 6.45) is 4.43. The zero-order chi connectivity index (χ0) is 19.6. The molecule has 2 aliphatic rings. The predicted octanol–water partition coefficient (Wildman–Crippen LogP) is 4.84.